The average Bonchev–Trinajstić information content (AvgIpc) is 2.38. The highest BCUT2D eigenvalue weighted by atomic mass is 19.1. The molecule has 18 heavy (non-hydrogen) atoms. The summed E-state index contributed by atoms with van der Waals surface area (Å²) >= 11 is 0. The van der Waals surface area contributed by atoms with Crippen LogP contribution in [0.1, 0.15) is 16.8 Å². The molecule has 4 heteroatoms. The van der Waals surface area contributed by atoms with Crippen molar-refractivity contribution in [2.45, 2.75) is 13.5 Å². The molecule has 0 spiro atoms. The Labute approximate surface area is 104 Å². The van der Waals surface area contributed by atoms with Gasteiger partial charge in [0, 0.05) is 5.69 Å². The summed E-state index contributed by atoms with van der Waals surface area (Å²) < 4.78 is 18.2. The fraction of sp³-hybridized carbons (Fsp3) is 0.143. The molecule has 0 aliphatic rings. The Morgan fingerprint density at radius 2 is 1.94 bits per heavy atom. The lowest BCUT2D eigenvalue weighted by atomic mass is 10.2. The molecular weight excluding hydrogens is 231 g/mol. The van der Waals surface area contributed by atoms with Crippen molar-refractivity contribution in [3.8, 4) is 11.9 Å². The van der Waals surface area contributed by atoms with E-state index in [-0.39, 0.29) is 12.4 Å². The number of rotatable bonds is 3. The first kappa shape index (κ1) is 12.1. The van der Waals surface area contributed by atoms with Crippen LogP contribution in [0.3, 0.4) is 0 Å². The number of aromatic nitrogens is 1. The van der Waals surface area contributed by atoms with Crippen LogP contribution in [0.15, 0.2) is 36.4 Å². The van der Waals surface area contributed by atoms with Crippen molar-refractivity contribution >= 4 is 0 Å². The van der Waals surface area contributed by atoms with Crippen LogP contribution in [0.5, 0.6) is 5.88 Å². The lowest BCUT2D eigenvalue weighted by molar-refractivity contribution is 0.292. The second kappa shape index (κ2) is 5.28. The van der Waals surface area contributed by atoms with Crippen LogP contribution >= 0.6 is 0 Å². The number of nitriles is 1. The van der Waals surface area contributed by atoms with E-state index in [1.807, 2.05) is 13.0 Å². The maximum Gasteiger partial charge on any atom is 0.232 e. The van der Waals surface area contributed by atoms with Crippen molar-refractivity contribution in [2.24, 2.45) is 0 Å². The molecule has 90 valence electrons. The number of hydrogen-bond acceptors (Lipinski definition) is 3. The minimum Gasteiger partial charge on any atom is -0.472 e. The molecule has 1 aromatic carbocycles. The van der Waals surface area contributed by atoms with Gasteiger partial charge in [0.15, 0.2) is 0 Å². The third-order valence-corrected chi connectivity index (χ3v) is 2.41. The van der Waals surface area contributed by atoms with Gasteiger partial charge in [-0.1, -0.05) is 12.1 Å². The number of hydrogen-bond donors (Lipinski definition) is 0. The third kappa shape index (κ3) is 2.83. The maximum atomic E-state index is 12.7. The fourth-order valence-electron chi connectivity index (χ4n) is 1.46. The second-order valence-corrected chi connectivity index (χ2v) is 3.83. The largest absolute Gasteiger partial charge is 0.472 e. The number of ether oxygens (including phenoxy) is 1. The van der Waals surface area contributed by atoms with Gasteiger partial charge in [0.1, 0.15) is 24.1 Å². The Kier molecular flexibility index (Phi) is 3.54. The third-order valence-electron chi connectivity index (χ3n) is 2.41. The molecule has 0 atom stereocenters. The van der Waals surface area contributed by atoms with Gasteiger partial charge in [-0.3, -0.25) is 0 Å². The number of pyridine rings is 1. The topological polar surface area (TPSA) is 45.9 Å². The van der Waals surface area contributed by atoms with Gasteiger partial charge >= 0.3 is 0 Å². The Morgan fingerprint density at radius 3 is 2.61 bits per heavy atom. The van der Waals surface area contributed by atoms with Crippen LogP contribution in [-0.4, -0.2) is 4.98 Å². The first-order valence-corrected chi connectivity index (χ1v) is 5.44. The standard InChI is InChI=1S/C14H11FN2O/c1-10-2-5-12(8-16)14(17-10)18-9-11-3-6-13(15)7-4-11/h2-7H,9H2,1H3. The molecule has 0 saturated carbocycles. The second-order valence-electron chi connectivity index (χ2n) is 3.83. The number of nitrogens with zero attached hydrogens (tertiary/aromatic N) is 2. The van der Waals surface area contributed by atoms with E-state index >= 15 is 0 Å². The summed E-state index contributed by atoms with van der Waals surface area (Å²) in [5.41, 5.74) is 1.99. The van der Waals surface area contributed by atoms with Crippen molar-refractivity contribution in [3.63, 3.8) is 0 Å². The molecular formula is C14H11FN2O. The first-order chi connectivity index (χ1) is 8.69. The molecule has 3 nitrogen and oxygen atoms in total. The van der Waals surface area contributed by atoms with E-state index in [4.69, 9.17) is 10.00 Å². The summed E-state index contributed by atoms with van der Waals surface area (Å²) in [4.78, 5) is 4.16. The number of halogens is 1. The Hall–Kier alpha value is -2.41. The van der Waals surface area contributed by atoms with E-state index in [1.54, 1.807) is 24.3 Å². The number of aryl methyl sites for hydroxylation is 1. The van der Waals surface area contributed by atoms with Crippen LogP contribution in [0.4, 0.5) is 4.39 Å². The molecule has 0 N–H and O–H groups in total. The molecule has 1 aromatic heterocycles. The van der Waals surface area contributed by atoms with Crippen molar-refractivity contribution in [1.82, 2.24) is 4.98 Å². The highest BCUT2D eigenvalue weighted by Gasteiger charge is 2.05. The summed E-state index contributed by atoms with van der Waals surface area (Å²) in [6, 6.07) is 11.5. The van der Waals surface area contributed by atoms with Crippen molar-refractivity contribution < 1.29 is 9.13 Å². The molecule has 0 unspecified atom stereocenters. The minimum absolute atomic E-state index is 0.255. The van der Waals surface area contributed by atoms with Crippen molar-refractivity contribution in [2.75, 3.05) is 0 Å². The molecule has 0 saturated heterocycles. The predicted octanol–water partition coefficient (Wildman–Crippen LogP) is 2.98. The molecule has 0 aliphatic heterocycles. The van der Waals surface area contributed by atoms with Gasteiger partial charge in [0.25, 0.3) is 0 Å². The molecule has 0 amide bonds. The monoisotopic (exact) mass is 242 g/mol. The van der Waals surface area contributed by atoms with Gasteiger partial charge in [-0.2, -0.15) is 5.26 Å². The highest BCUT2D eigenvalue weighted by molar-refractivity contribution is 5.38. The minimum atomic E-state index is -0.287. The summed E-state index contributed by atoms with van der Waals surface area (Å²) in [6.45, 7) is 2.08. The maximum absolute atomic E-state index is 12.7. The Morgan fingerprint density at radius 1 is 1.22 bits per heavy atom. The van der Waals surface area contributed by atoms with Gasteiger partial charge in [-0.05, 0) is 36.8 Å². The van der Waals surface area contributed by atoms with E-state index in [9.17, 15) is 4.39 Å². The molecule has 2 aromatic rings. The van der Waals surface area contributed by atoms with Crippen LogP contribution in [-0.2, 0) is 6.61 Å². The van der Waals surface area contributed by atoms with E-state index < -0.39 is 0 Å². The Bertz CT molecular complexity index is 588. The zero-order valence-corrected chi connectivity index (χ0v) is 9.85. The normalized spacial score (nSPS) is 9.83. The predicted molar refractivity (Wildman–Crippen MR) is 64.4 cm³/mol. The van der Waals surface area contributed by atoms with Crippen LogP contribution < -0.4 is 4.74 Å². The summed E-state index contributed by atoms with van der Waals surface area (Å²) in [6.07, 6.45) is 0. The van der Waals surface area contributed by atoms with Gasteiger partial charge in [-0.25, -0.2) is 9.37 Å². The van der Waals surface area contributed by atoms with Crippen LogP contribution in [0.2, 0.25) is 0 Å². The van der Waals surface area contributed by atoms with Gasteiger partial charge < -0.3 is 4.74 Å². The summed E-state index contributed by atoms with van der Waals surface area (Å²) in [5.74, 6) is 0.0203. The van der Waals surface area contributed by atoms with E-state index in [1.165, 1.54) is 12.1 Å². The SMILES string of the molecule is Cc1ccc(C#N)c(OCc2ccc(F)cc2)n1. The fourth-order valence-corrected chi connectivity index (χ4v) is 1.46. The Balaban J connectivity index is 2.13. The van der Waals surface area contributed by atoms with Gasteiger partial charge in [0.2, 0.25) is 5.88 Å². The van der Waals surface area contributed by atoms with Gasteiger partial charge in [-0.15, -0.1) is 0 Å². The number of benzene rings is 1. The van der Waals surface area contributed by atoms with Crippen molar-refractivity contribution in [1.29, 1.82) is 5.26 Å². The molecule has 1 heterocycles. The lowest BCUT2D eigenvalue weighted by Crippen LogP contribution is -2.00. The molecule has 0 bridgehead atoms. The zero-order chi connectivity index (χ0) is 13.0. The molecule has 0 radical (unpaired) electrons. The average molecular weight is 242 g/mol. The van der Waals surface area contributed by atoms with E-state index in [0.717, 1.165) is 11.3 Å². The van der Waals surface area contributed by atoms with Crippen molar-refractivity contribution in [3.05, 3.63) is 59.0 Å². The first-order valence-electron chi connectivity index (χ1n) is 5.44. The van der Waals surface area contributed by atoms with Crippen LogP contribution in [0, 0.1) is 24.1 Å². The highest BCUT2D eigenvalue weighted by Crippen LogP contribution is 2.16. The van der Waals surface area contributed by atoms with Crippen LogP contribution in [0.25, 0.3) is 0 Å². The molecule has 0 fully saturated rings. The van der Waals surface area contributed by atoms with Gasteiger partial charge in [0.05, 0.1) is 0 Å². The molecule has 0 aliphatic carbocycles. The molecule has 2 rings (SSSR count). The summed E-state index contributed by atoms with van der Waals surface area (Å²) in [5, 5.41) is 8.92. The smallest absolute Gasteiger partial charge is 0.232 e. The quantitative estimate of drug-likeness (QED) is 0.831. The lowest BCUT2D eigenvalue weighted by Gasteiger charge is -2.07. The summed E-state index contributed by atoms with van der Waals surface area (Å²) in [7, 11) is 0. The van der Waals surface area contributed by atoms with E-state index in [0.29, 0.717) is 11.4 Å². The zero-order valence-electron chi connectivity index (χ0n) is 9.85. The van der Waals surface area contributed by atoms with E-state index in [2.05, 4.69) is 4.98 Å².